The maximum absolute atomic E-state index is 6.88. The van der Waals surface area contributed by atoms with Crippen LogP contribution in [0.15, 0.2) is 121 Å². The lowest BCUT2D eigenvalue weighted by Crippen LogP contribution is -2.06. The quantitative estimate of drug-likeness (QED) is 0.0967. The van der Waals surface area contributed by atoms with Crippen molar-refractivity contribution in [3.05, 3.63) is 166 Å². The first-order valence-corrected chi connectivity index (χ1v) is 21.2. The van der Waals surface area contributed by atoms with Crippen LogP contribution in [-0.4, -0.2) is 0 Å². The highest BCUT2D eigenvalue weighted by Crippen LogP contribution is 2.52. The summed E-state index contributed by atoms with van der Waals surface area (Å²) in [7, 11) is -3.92. The Balaban J connectivity index is 1.40. The molecule has 6 aromatic carbocycles. The maximum Gasteiger partial charge on any atom is 0.530 e. The second-order valence-electron chi connectivity index (χ2n) is 15.0. The molecule has 0 bridgehead atoms. The molecule has 0 amide bonds. The van der Waals surface area contributed by atoms with Crippen molar-refractivity contribution in [3.63, 3.8) is 0 Å². The predicted octanol–water partition coefficient (Wildman–Crippen LogP) is 15.0. The van der Waals surface area contributed by atoms with Gasteiger partial charge >= 0.3 is 17.2 Å². The van der Waals surface area contributed by atoms with Gasteiger partial charge in [-0.05, 0) is 147 Å². The Labute approximate surface area is 335 Å². The Morgan fingerprint density at radius 1 is 0.339 bits per heavy atom. The van der Waals surface area contributed by atoms with Crippen LogP contribution in [-0.2, 0) is 0 Å². The highest BCUT2D eigenvalue weighted by molar-refractivity contribution is 7.43. The zero-order valence-corrected chi connectivity index (χ0v) is 35.8. The standard InChI is InChI=1S/C48H52O6P2/c1-31(2)39-15-23-43(24-16-39)51-55(49-41-19-11-33(5)12-20-41)53-47-37(9)27-35(7)29-45(47)46-30-36(8)28-38(10)48(46)54-56(50-42-21-13-34(6)14-22-42)52-44-25-17-40(18-26-44)32(3)4/h11-32H,1-10H3. The fraction of sp³-hybridized carbons (Fsp3) is 0.250. The van der Waals surface area contributed by atoms with Gasteiger partial charge in [0.05, 0.1) is 0 Å². The number of hydrogen-bond acceptors (Lipinski definition) is 6. The lowest BCUT2D eigenvalue weighted by molar-refractivity contribution is 0.384. The summed E-state index contributed by atoms with van der Waals surface area (Å²) in [6.45, 7) is 21.0. The van der Waals surface area contributed by atoms with Gasteiger partial charge in [0.25, 0.3) is 0 Å². The van der Waals surface area contributed by atoms with Crippen LogP contribution in [0.25, 0.3) is 11.1 Å². The first-order valence-electron chi connectivity index (χ1n) is 19.1. The third-order valence-corrected chi connectivity index (χ3v) is 11.4. The highest BCUT2D eigenvalue weighted by Gasteiger charge is 2.28. The molecule has 2 atom stereocenters. The van der Waals surface area contributed by atoms with Gasteiger partial charge in [0, 0.05) is 11.1 Å². The largest absolute Gasteiger partial charge is 0.530 e. The summed E-state index contributed by atoms with van der Waals surface area (Å²) in [5.74, 6) is 4.69. The molecule has 0 aliphatic carbocycles. The molecular formula is C48H52O6P2. The molecule has 0 fully saturated rings. The molecule has 6 nitrogen and oxygen atoms in total. The monoisotopic (exact) mass is 786 g/mol. The molecule has 6 rings (SSSR count). The molecule has 0 saturated carbocycles. The van der Waals surface area contributed by atoms with Crippen LogP contribution in [0.4, 0.5) is 0 Å². The molecule has 56 heavy (non-hydrogen) atoms. The van der Waals surface area contributed by atoms with E-state index in [0.717, 1.165) is 44.5 Å². The molecule has 0 aromatic heterocycles. The van der Waals surface area contributed by atoms with Gasteiger partial charge in [-0.2, -0.15) is 0 Å². The SMILES string of the molecule is Cc1ccc(OP(Oc2ccc(C(C)C)cc2)Oc2c(C)cc(C)cc2-c2cc(C)cc(C)c2OP(Oc2ccc(C)cc2)Oc2ccc(C(C)C)cc2)cc1. The van der Waals surface area contributed by atoms with Crippen molar-refractivity contribution in [2.45, 2.75) is 81.1 Å². The molecule has 6 aromatic rings. The summed E-state index contributed by atoms with van der Waals surface area (Å²) >= 11 is 0. The van der Waals surface area contributed by atoms with Gasteiger partial charge in [0.2, 0.25) is 0 Å². The lowest BCUT2D eigenvalue weighted by atomic mass is 9.95. The van der Waals surface area contributed by atoms with E-state index in [1.165, 1.54) is 11.1 Å². The van der Waals surface area contributed by atoms with Crippen molar-refractivity contribution >= 4 is 17.2 Å². The van der Waals surface area contributed by atoms with Crippen LogP contribution in [0.2, 0.25) is 0 Å². The topological polar surface area (TPSA) is 55.4 Å². The Bertz CT molecular complexity index is 2050. The number of aryl methyl sites for hydroxylation is 6. The molecule has 0 aliphatic heterocycles. The first-order chi connectivity index (χ1) is 26.8. The van der Waals surface area contributed by atoms with E-state index in [1.807, 2.05) is 100 Å². The lowest BCUT2D eigenvalue weighted by Gasteiger charge is -2.24. The van der Waals surface area contributed by atoms with E-state index in [-0.39, 0.29) is 0 Å². The molecule has 2 unspecified atom stereocenters. The Hall–Kier alpha value is -5.02. The van der Waals surface area contributed by atoms with Gasteiger partial charge < -0.3 is 27.1 Å². The van der Waals surface area contributed by atoms with Crippen LogP contribution in [0.3, 0.4) is 0 Å². The van der Waals surface area contributed by atoms with Crippen molar-refractivity contribution in [1.82, 2.24) is 0 Å². The van der Waals surface area contributed by atoms with Crippen molar-refractivity contribution in [2.75, 3.05) is 0 Å². The van der Waals surface area contributed by atoms with Gasteiger partial charge in [-0.1, -0.05) is 99.5 Å². The molecule has 0 saturated heterocycles. The van der Waals surface area contributed by atoms with E-state index in [9.17, 15) is 0 Å². The second kappa shape index (κ2) is 18.3. The fourth-order valence-electron chi connectivity index (χ4n) is 6.18. The molecular weight excluding hydrogens is 734 g/mol. The van der Waals surface area contributed by atoms with E-state index in [0.29, 0.717) is 46.3 Å². The average Bonchev–Trinajstić information content (AvgIpc) is 3.15. The summed E-state index contributed by atoms with van der Waals surface area (Å²) in [6.07, 6.45) is 0. The minimum Gasteiger partial charge on any atom is -0.409 e. The van der Waals surface area contributed by atoms with Gasteiger partial charge in [-0.3, -0.25) is 0 Å². The van der Waals surface area contributed by atoms with Crippen molar-refractivity contribution in [3.8, 4) is 45.6 Å². The average molecular weight is 787 g/mol. The van der Waals surface area contributed by atoms with Crippen molar-refractivity contribution in [2.24, 2.45) is 0 Å². The first kappa shape index (κ1) is 40.6. The fourth-order valence-corrected chi connectivity index (χ4v) is 8.36. The van der Waals surface area contributed by atoms with Crippen LogP contribution in [0.5, 0.6) is 34.5 Å². The molecule has 0 radical (unpaired) electrons. The third kappa shape index (κ3) is 10.6. The van der Waals surface area contributed by atoms with Gasteiger partial charge in [0.15, 0.2) is 0 Å². The summed E-state index contributed by atoms with van der Waals surface area (Å²) in [6, 6.07) is 40.5. The van der Waals surface area contributed by atoms with Gasteiger partial charge in [0.1, 0.15) is 34.5 Å². The minimum atomic E-state index is -1.96. The normalized spacial score (nSPS) is 12.3. The van der Waals surface area contributed by atoms with E-state index in [2.05, 4.69) is 90.1 Å². The van der Waals surface area contributed by atoms with Gasteiger partial charge in [-0.15, -0.1) is 0 Å². The van der Waals surface area contributed by atoms with E-state index in [1.54, 1.807) is 0 Å². The summed E-state index contributed by atoms with van der Waals surface area (Å²) in [5, 5.41) is 0. The molecule has 0 aliphatic rings. The minimum absolute atomic E-state index is 0.400. The van der Waals surface area contributed by atoms with Crippen LogP contribution < -0.4 is 27.1 Å². The van der Waals surface area contributed by atoms with Crippen molar-refractivity contribution < 1.29 is 27.1 Å². The van der Waals surface area contributed by atoms with Crippen LogP contribution in [0, 0.1) is 41.5 Å². The Morgan fingerprint density at radius 2 is 0.625 bits per heavy atom. The molecule has 290 valence electrons. The third-order valence-electron chi connectivity index (χ3n) is 9.32. The summed E-state index contributed by atoms with van der Waals surface area (Å²) < 4.78 is 39.8. The molecule has 0 N–H and O–H groups in total. The number of hydrogen-bond donors (Lipinski definition) is 0. The summed E-state index contributed by atoms with van der Waals surface area (Å²) in [4.78, 5) is 0. The van der Waals surface area contributed by atoms with E-state index < -0.39 is 17.2 Å². The Morgan fingerprint density at radius 3 is 0.911 bits per heavy atom. The zero-order valence-electron chi connectivity index (χ0n) is 34.0. The number of rotatable bonds is 15. The van der Waals surface area contributed by atoms with Gasteiger partial charge in [-0.25, -0.2) is 0 Å². The van der Waals surface area contributed by atoms with Crippen LogP contribution in [0.1, 0.15) is 84.0 Å². The smallest absolute Gasteiger partial charge is 0.409 e. The molecule has 0 spiro atoms. The highest BCUT2D eigenvalue weighted by atomic mass is 31.2. The zero-order chi connectivity index (χ0) is 39.9. The molecule has 0 heterocycles. The van der Waals surface area contributed by atoms with E-state index in [4.69, 9.17) is 27.1 Å². The van der Waals surface area contributed by atoms with Crippen molar-refractivity contribution in [1.29, 1.82) is 0 Å². The molecule has 8 heteroatoms. The Kier molecular flexibility index (Phi) is 13.3. The predicted molar refractivity (Wildman–Crippen MR) is 232 cm³/mol. The van der Waals surface area contributed by atoms with Crippen LogP contribution >= 0.6 is 17.2 Å². The second-order valence-corrected chi connectivity index (χ2v) is 17.0. The van der Waals surface area contributed by atoms with E-state index >= 15 is 0 Å². The summed E-state index contributed by atoms with van der Waals surface area (Å²) in [5.41, 5.74) is 10.4. The number of benzene rings is 6. The maximum atomic E-state index is 6.88.